The van der Waals surface area contributed by atoms with Crippen LogP contribution in [-0.4, -0.2) is 19.9 Å². The van der Waals surface area contributed by atoms with E-state index in [4.69, 9.17) is 5.26 Å². The summed E-state index contributed by atoms with van der Waals surface area (Å²) in [5.41, 5.74) is 0.733. The average molecular weight is 174 g/mol. The monoisotopic (exact) mass is 174 g/mol. The van der Waals surface area contributed by atoms with Gasteiger partial charge in [-0.2, -0.15) is 15.3 Å². The molecule has 0 unspecified atom stereocenters. The van der Waals surface area contributed by atoms with E-state index in [-0.39, 0.29) is 11.4 Å². The molecule has 0 fully saturated rings. The molecule has 0 aliphatic heterocycles. The fourth-order valence-corrected chi connectivity index (χ4v) is 1.15. The van der Waals surface area contributed by atoms with Crippen LogP contribution in [-0.2, 0) is 7.05 Å². The van der Waals surface area contributed by atoms with E-state index in [1.807, 2.05) is 6.07 Å². The predicted molar refractivity (Wildman–Crippen MR) is 44.9 cm³/mol. The molecule has 0 spiro atoms. The number of nitriles is 1. The Morgan fingerprint density at radius 1 is 1.62 bits per heavy atom. The van der Waals surface area contributed by atoms with Gasteiger partial charge in [0.15, 0.2) is 5.65 Å². The normalized spacial score (nSPS) is 10.2. The zero-order chi connectivity index (χ0) is 9.42. The SMILES string of the molecule is Cn1ncc2cc(C#N)c(O)nc21. The lowest BCUT2D eigenvalue weighted by Gasteiger charge is -1.96. The van der Waals surface area contributed by atoms with Gasteiger partial charge in [0.1, 0.15) is 11.6 Å². The van der Waals surface area contributed by atoms with Gasteiger partial charge in [0.25, 0.3) is 0 Å². The number of hydrogen-bond acceptors (Lipinski definition) is 4. The molecule has 1 N–H and O–H groups in total. The van der Waals surface area contributed by atoms with Crippen molar-refractivity contribution < 1.29 is 5.11 Å². The predicted octanol–water partition coefficient (Wildman–Crippen LogP) is 0.546. The van der Waals surface area contributed by atoms with Gasteiger partial charge < -0.3 is 5.11 Å². The Balaban J connectivity index is 2.85. The second kappa shape index (κ2) is 2.45. The number of nitrogens with zero attached hydrogens (tertiary/aromatic N) is 4. The highest BCUT2D eigenvalue weighted by Gasteiger charge is 2.07. The van der Waals surface area contributed by atoms with Gasteiger partial charge in [-0.05, 0) is 6.07 Å². The van der Waals surface area contributed by atoms with E-state index in [0.29, 0.717) is 5.65 Å². The van der Waals surface area contributed by atoms with E-state index in [9.17, 15) is 5.11 Å². The maximum absolute atomic E-state index is 9.28. The van der Waals surface area contributed by atoms with Gasteiger partial charge in [-0.15, -0.1) is 0 Å². The number of hydrogen-bond donors (Lipinski definition) is 1. The molecular formula is C8H6N4O. The third-order valence-corrected chi connectivity index (χ3v) is 1.81. The van der Waals surface area contributed by atoms with Gasteiger partial charge in [-0.1, -0.05) is 0 Å². The summed E-state index contributed by atoms with van der Waals surface area (Å²) >= 11 is 0. The lowest BCUT2D eigenvalue weighted by Crippen LogP contribution is -1.92. The van der Waals surface area contributed by atoms with Gasteiger partial charge in [-0.3, -0.25) is 4.68 Å². The molecule has 2 rings (SSSR count). The topological polar surface area (TPSA) is 74.7 Å². The van der Waals surface area contributed by atoms with Crippen molar-refractivity contribution >= 4 is 11.0 Å². The summed E-state index contributed by atoms with van der Waals surface area (Å²) in [6.07, 6.45) is 1.60. The van der Waals surface area contributed by atoms with Crippen LogP contribution in [0.1, 0.15) is 5.56 Å². The standard InChI is InChI=1S/C8H6N4O/c1-12-7-6(4-10-12)2-5(3-9)8(13)11-7/h2,4H,1H3,(H,11,13). The second-order valence-corrected chi connectivity index (χ2v) is 2.65. The number of pyridine rings is 1. The first-order chi connectivity index (χ1) is 6.22. The van der Waals surface area contributed by atoms with Gasteiger partial charge in [0.05, 0.1) is 6.20 Å². The van der Waals surface area contributed by atoms with Crippen molar-refractivity contribution in [2.24, 2.45) is 7.05 Å². The van der Waals surface area contributed by atoms with Crippen molar-refractivity contribution in [2.75, 3.05) is 0 Å². The molecular weight excluding hydrogens is 168 g/mol. The van der Waals surface area contributed by atoms with Gasteiger partial charge in [-0.25, -0.2) is 0 Å². The van der Waals surface area contributed by atoms with Crippen molar-refractivity contribution in [1.29, 1.82) is 5.26 Å². The van der Waals surface area contributed by atoms with Crippen LogP contribution in [0.2, 0.25) is 0 Å². The highest BCUT2D eigenvalue weighted by Crippen LogP contribution is 2.19. The molecule has 0 atom stereocenters. The molecule has 5 heteroatoms. The van der Waals surface area contributed by atoms with Crippen LogP contribution in [0.4, 0.5) is 0 Å². The smallest absolute Gasteiger partial charge is 0.231 e. The van der Waals surface area contributed by atoms with Gasteiger partial charge >= 0.3 is 0 Å². The number of aromatic hydroxyl groups is 1. The molecule has 0 radical (unpaired) electrons. The minimum atomic E-state index is -0.251. The Morgan fingerprint density at radius 2 is 2.38 bits per heavy atom. The lowest BCUT2D eigenvalue weighted by molar-refractivity contribution is 0.453. The molecule has 0 aromatic carbocycles. The number of rotatable bonds is 0. The third-order valence-electron chi connectivity index (χ3n) is 1.81. The highest BCUT2D eigenvalue weighted by molar-refractivity contribution is 5.77. The van der Waals surface area contributed by atoms with E-state index in [1.54, 1.807) is 19.3 Å². The highest BCUT2D eigenvalue weighted by atomic mass is 16.3. The van der Waals surface area contributed by atoms with E-state index in [1.165, 1.54) is 4.68 Å². The summed E-state index contributed by atoms with van der Waals surface area (Å²) < 4.78 is 1.54. The van der Waals surface area contributed by atoms with Crippen molar-refractivity contribution in [1.82, 2.24) is 14.8 Å². The van der Waals surface area contributed by atoms with Gasteiger partial charge in [0, 0.05) is 12.4 Å². The minimum absolute atomic E-state index is 0.167. The van der Waals surface area contributed by atoms with Crippen LogP contribution in [0.5, 0.6) is 5.88 Å². The van der Waals surface area contributed by atoms with Crippen LogP contribution >= 0.6 is 0 Å². The summed E-state index contributed by atoms with van der Waals surface area (Å²) in [4.78, 5) is 3.84. The number of fused-ring (bicyclic) bond motifs is 1. The number of aryl methyl sites for hydroxylation is 1. The molecule has 13 heavy (non-hydrogen) atoms. The Hall–Kier alpha value is -2.09. The molecule has 0 aliphatic rings. The molecule has 5 nitrogen and oxygen atoms in total. The third kappa shape index (κ3) is 0.999. The summed E-state index contributed by atoms with van der Waals surface area (Å²) in [6.45, 7) is 0. The summed E-state index contributed by atoms with van der Waals surface area (Å²) in [5.74, 6) is -0.251. The van der Waals surface area contributed by atoms with E-state index < -0.39 is 0 Å². The first kappa shape index (κ1) is 7.55. The zero-order valence-corrected chi connectivity index (χ0v) is 6.89. The van der Waals surface area contributed by atoms with Crippen LogP contribution in [0.15, 0.2) is 12.3 Å². The van der Waals surface area contributed by atoms with Crippen molar-refractivity contribution in [3.63, 3.8) is 0 Å². The fourth-order valence-electron chi connectivity index (χ4n) is 1.15. The Bertz CT molecular complexity index is 509. The quantitative estimate of drug-likeness (QED) is 0.632. The summed E-state index contributed by atoms with van der Waals surface area (Å²) in [6, 6.07) is 3.41. The van der Waals surface area contributed by atoms with Crippen molar-refractivity contribution in [3.05, 3.63) is 17.8 Å². The first-order valence-corrected chi connectivity index (χ1v) is 3.64. The molecule has 0 amide bonds. The van der Waals surface area contributed by atoms with Crippen molar-refractivity contribution in [3.8, 4) is 11.9 Å². The fraction of sp³-hybridized carbons (Fsp3) is 0.125. The molecule has 0 saturated heterocycles. The Morgan fingerprint density at radius 3 is 3.08 bits per heavy atom. The average Bonchev–Trinajstić information content (AvgIpc) is 2.47. The molecule has 2 aromatic rings. The van der Waals surface area contributed by atoms with E-state index in [0.717, 1.165) is 5.39 Å². The maximum Gasteiger partial charge on any atom is 0.231 e. The zero-order valence-electron chi connectivity index (χ0n) is 6.89. The van der Waals surface area contributed by atoms with Crippen LogP contribution < -0.4 is 0 Å². The minimum Gasteiger partial charge on any atom is -0.492 e. The molecule has 0 bridgehead atoms. The van der Waals surface area contributed by atoms with Gasteiger partial charge in [0.2, 0.25) is 5.88 Å². The molecule has 2 heterocycles. The molecule has 0 saturated carbocycles. The van der Waals surface area contributed by atoms with Crippen LogP contribution in [0, 0.1) is 11.3 Å². The maximum atomic E-state index is 9.28. The van der Waals surface area contributed by atoms with Crippen molar-refractivity contribution in [2.45, 2.75) is 0 Å². The number of aromatic nitrogens is 3. The van der Waals surface area contributed by atoms with Crippen LogP contribution in [0.25, 0.3) is 11.0 Å². The Kier molecular flexibility index (Phi) is 1.43. The first-order valence-electron chi connectivity index (χ1n) is 3.64. The van der Waals surface area contributed by atoms with Crippen LogP contribution in [0.3, 0.4) is 0 Å². The molecule has 0 aliphatic carbocycles. The lowest BCUT2D eigenvalue weighted by atomic mass is 10.2. The summed E-state index contributed by atoms with van der Waals surface area (Å²) in [5, 5.41) is 22.6. The summed E-state index contributed by atoms with van der Waals surface area (Å²) in [7, 11) is 1.72. The molecule has 2 aromatic heterocycles. The largest absolute Gasteiger partial charge is 0.492 e. The second-order valence-electron chi connectivity index (χ2n) is 2.65. The van der Waals surface area contributed by atoms with E-state index in [2.05, 4.69) is 10.1 Å². The Labute approximate surface area is 73.9 Å². The molecule has 64 valence electrons. The van der Waals surface area contributed by atoms with E-state index >= 15 is 0 Å².